The minimum absolute atomic E-state index is 0.0293. The molecule has 1 aromatic carbocycles. The zero-order valence-corrected chi connectivity index (χ0v) is 19.5. The van der Waals surface area contributed by atoms with Crippen molar-refractivity contribution in [1.29, 1.82) is 0 Å². The Kier molecular flexibility index (Phi) is 5.26. The van der Waals surface area contributed by atoms with Gasteiger partial charge >= 0.3 is 5.97 Å². The Hall–Kier alpha value is -2.96. The van der Waals surface area contributed by atoms with E-state index in [9.17, 15) is 9.90 Å². The highest BCUT2D eigenvalue weighted by Crippen LogP contribution is 2.50. The molecule has 1 saturated carbocycles. The second-order valence-electron chi connectivity index (χ2n) is 10.3. The van der Waals surface area contributed by atoms with Crippen LogP contribution >= 0.6 is 0 Å². The van der Waals surface area contributed by atoms with E-state index in [0.717, 1.165) is 37.0 Å². The third-order valence-electron chi connectivity index (χ3n) is 7.73. The molecule has 1 unspecified atom stereocenters. The fraction of sp³-hybridized carbons (Fsp3) is 0.520. The molecule has 1 aliphatic heterocycles. The summed E-state index contributed by atoms with van der Waals surface area (Å²) in [4.78, 5) is 24.5. The fourth-order valence-corrected chi connectivity index (χ4v) is 4.93. The molecule has 7 heteroatoms. The molecule has 1 fully saturated rings. The number of benzene rings is 1. The highest BCUT2D eigenvalue weighted by atomic mass is 16.5. The summed E-state index contributed by atoms with van der Waals surface area (Å²) in [5, 5.41) is 9.48. The molecule has 0 saturated heterocycles. The van der Waals surface area contributed by atoms with Crippen LogP contribution in [0.2, 0.25) is 0 Å². The second-order valence-corrected chi connectivity index (χ2v) is 10.3. The number of carboxylic acid groups (broad SMARTS) is 1. The normalized spacial score (nSPS) is 27.6. The smallest absolute Gasteiger partial charge is 0.306 e. The lowest BCUT2D eigenvalue weighted by atomic mass is 9.59. The minimum Gasteiger partial charge on any atom is -0.481 e. The lowest BCUT2D eigenvalue weighted by Crippen LogP contribution is -2.41. The van der Waals surface area contributed by atoms with Gasteiger partial charge in [0.05, 0.1) is 11.6 Å². The predicted octanol–water partition coefficient (Wildman–Crippen LogP) is 4.91. The van der Waals surface area contributed by atoms with Gasteiger partial charge in [-0.3, -0.25) is 4.79 Å². The number of aliphatic imine (C=N–C) groups is 1. The molecule has 1 atom stereocenters. The van der Waals surface area contributed by atoms with E-state index in [1.54, 1.807) is 0 Å². The quantitative estimate of drug-likeness (QED) is 0.704. The number of aromatic nitrogens is 2. The Morgan fingerprint density at radius 2 is 1.69 bits per heavy atom. The highest BCUT2D eigenvalue weighted by Gasteiger charge is 2.43. The summed E-state index contributed by atoms with van der Waals surface area (Å²) in [7, 11) is 0. The number of carbonyl (C=O) groups is 1. The van der Waals surface area contributed by atoms with Gasteiger partial charge in [0.2, 0.25) is 5.88 Å². The Bertz CT molecular complexity index is 1070. The van der Waals surface area contributed by atoms with Crippen LogP contribution in [0.3, 0.4) is 0 Å². The van der Waals surface area contributed by atoms with Gasteiger partial charge in [-0.2, -0.15) is 4.98 Å². The molecule has 2 aromatic rings. The largest absolute Gasteiger partial charge is 0.481 e. The number of nitrogens with zero attached hydrogens (tertiary/aromatic N) is 3. The van der Waals surface area contributed by atoms with Crippen molar-refractivity contribution in [2.45, 2.75) is 71.3 Å². The van der Waals surface area contributed by atoms with Gasteiger partial charge in [-0.15, -0.1) is 0 Å². The van der Waals surface area contributed by atoms with Crippen LogP contribution in [-0.2, 0) is 10.2 Å². The number of anilines is 1. The maximum absolute atomic E-state index is 11.5. The lowest BCUT2D eigenvalue weighted by molar-refractivity contribution is -0.146. The van der Waals surface area contributed by atoms with Gasteiger partial charge in [-0.05, 0) is 55.9 Å². The first-order valence-electron chi connectivity index (χ1n) is 11.2. The summed E-state index contributed by atoms with van der Waals surface area (Å²) in [5.74, 6) is -0.337. The minimum atomic E-state index is -0.703. The average Bonchev–Trinajstić information content (AvgIpc) is 2.75. The number of fused-ring (bicyclic) bond motifs is 1. The molecular weight excluding hydrogens is 404 g/mol. The zero-order valence-electron chi connectivity index (χ0n) is 19.5. The monoisotopic (exact) mass is 436 g/mol. The fourth-order valence-electron chi connectivity index (χ4n) is 4.93. The number of rotatable bonds is 4. The molecular formula is C25H32N4O3. The van der Waals surface area contributed by atoms with Gasteiger partial charge in [0.25, 0.3) is 0 Å². The van der Waals surface area contributed by atoms with E-state index in [4.69, 9.17) is 15.5 Å². The van der Waals surface area contributed by atoms with Crippen LogP contribution < -0.4 is 10.5 Å². The number of nitrogen functional groups attached to an aromatic ring is 1. The molecule has 1 aromatic heterocycles. The van der Waals surface area contributed by atoms with Gasteiger partial charge in [0.15, 0.2) is 11.5 Å². The van der Waals surface area contributed by atoms with Crippen molar-refractivity contribution in [2.75, 3.05) is 5.73 Å². The standard InChI is InChI=1S/C25H32N4O3/c1-15(22(30)31)24(4)10-12-25(5,13-11-24)17-8-6-16(7-9-17)19-23(2,3)32-21-18(29-19)20(26)27-14-28-21/h6-9,14-15H,10-13H2,1-5H3,(H,30,31)(H2,26,27,28). The predicted molar refractivity (Wildman–Crippen MR) is 125 cm³/mol. The molecule has 1 aliphatic carbocycles. The van der Waals surface area contributed by atoms with Crippen molar-refractivity contribution >= 4 is 23.2 Å². The Labute approximate surface area is 189 Å². The highest BCUT2D eigenvalue weighted by molar-refractivity contribution is 6.09. The van der Waals surface area contributed by atoms with Crippen molar-refractivity contribution in [3.63, 3.8) is 0 Å². The molecule has 0 radical (unpaired) electrons. The number of ether oxygens (including phenoxy) is 1. The number of hydrogen-bond donors (Lipinski definition) is 2. The Morgan fingerprint density at radius 3 is 2.28 bits per heavy atom. The Balaban J connectivity index is 1.59. The number of nitrogens with two attached hydrogens (primary N) is 1. The van der Waals surface area contributed by atoms with Gasteiger partial charge in [0.1, 0.15) is 11.9 Å². The third-order valence-corrected chi connectivity index (χ3v) is 7.73. The molecule has 2 heterocycles. The first kappa shape index (κ1) is 22.2. The van der Waals surface area contributed by atoms with Crippen LogP contribution in [0.25, 0.3) is 0 Å². The number of hydrogen-bond acceptors (Lipinski definition) is 6. The molecule has 32 heavy (non-hydrogen) atoms. The lowest BCUT2D eigenvalue weighted by Gasteiger charge is -2.45. The van der Waals surface area contributed by atoms with Crippen molar-refractivity contribution in [3.05, 3.63) is 41.7 Å². The van der Waals surface area contributed by atoms with Crippen LogP contribution in [0.1, 0.15) is 71.4 Å². The van der Waals surface area contributed by atoms with Gasteiger partial charge in [-0.1, -0.05) is 45.0 Å². The van der Waals surface area contributed by atoms with Gasteiger partial charge in [-0.25, -0.2) is 9.98 Å². The van der Waals surface area contributed by atoms with Crippen molar-refractivity contribution < 1.29 is 14.6 Å². The molecule has 0 amide bonds. The van der Waals surface area contributed by atoms with Crippen LogP contribution in [0.5, 0.6) is 5.88 Å². The molecule has 0 bridgehead atoms. The summed E-state index contributed by atoms with van der Waals surface area (Å²) in [6.07, 6.45) is 5.13. The van der Waals surface area contributed by atoms with Gasteiger partial charge < -0.3 is 15.6 Å². The SMILES string of the molecule is CC(C(=O)O)C1(C)CCC(C)(c2ccc(C3=Nc4c(N)ncnc4OC3(C)C)cc2)CC1. The molecule has 0 spiro atoms. The van der Waals surface area contributed by atoms with Crippen molar-refractivity contribution in [1.82, 2.24) is 9.97 Å². The first-order valence-corrected chi connectivity index (χ1v) is 11.2. The maximum atomic E-state index is 11.5. The van der Waals surface area contributed by atoms with E-state index < -0.39 is 11.6 Å². The maximum Gasteiger partial charge on any atom is 0.306 e. The number of carboxylic acids is 1. The van der Waals surface area contributed by atoms with Crippen LogP contribution in [0.4, 0.5) is 11.5 Å². The van der Waals surface area contributed by atoms with Crippen LogP contribution in [0.15, 0.2) is 35.6 Å². The number of aliphatic carboxylic acids is 1. The molecule has 3 N–H and O–H groups in total. The molecule has 7 nitrogen and oxygen atoms in total. The van der Waals surface area contributed by atoms with Crippen molar-refractivity contribution in [2.24, 2.45) is 16.3 Å². The zero-order chi connectivity index (χ0) is 23.3. The first-order chi connectivity index (χ1) is 15.0. The molecule has 170 valence electrons. The topological polar surface area (TPSA) is 111 Å². The van der Waals surface area contributed by atoms with Gasteiger partial charge in [0, 0.05) is 5.56 Å². The molecule has 2 aliphatic rings. The van der Waals surface area contributed by atoms with E-state index in [1.807, 2.05) is 20.8 Å². The Morgan fingerprint density at radius 1 is 1.06 bits per heavy atom. The van der Waals surface area contributed by atoms with E-state index >= 15 is 0 Å². The summed E-state index contributed by atoms with van der Waals surface area (Å²) in [6, 6.07) is 8.50. The van der Waals surface area contributed by atoms with Crippen LogP contribution in [-0.4, -0.2) is 32.4 Å². The van der Waals surface area contributed by atoms with Crippen molar-refractivity contribution in [3.8, 4) is 5.88 Å². The summed E-state index contributed by atoms with van der Waals surface area (Å²) in [6.45, 7) is 10.2. The average molecular weight is 437 g/mol. The van der Waals surface area contributed by atoms with E-state index in [-0.39, 0.29) is 16.7 Å². The van der Waals surface area contributed by atoms with E-state index in [2.05, 4.69) is 48.1 Å². The summed E-state index contributed by atoms with van der Waals surface area (Å²) < 4.78 is 6.09. The second kappa shape index (κ2) is 7.57. The van der Waals surface area contributed by atoms with E-state index in [0.29, 0.717) is 17.4 Å². The molecule has 4 rings (SSSR count). The van der Waals surface area contributed by atoms with E-state index in [1.165, 1.54) is 11.9 Å². The summed E-state index contributed by atoms with van der Waals surface area (Å²) >= 11 is 0. The van der Waals surface area contributed by atoms with Crippen LogP contribution in [0, 0.1) is 11.3 Å². The summed E-state index contributed by atoms with van der Waals surface area (Å²) in [5.41, 5.74) is 8.71. The third kappa shape index (κ3) is 3.74.